The van der Waals surface area contributed by atoms with Crippen LogP contribution in [0.1, 0.15) is 6.42 Å². The highest BCUT2D eigenvalue weighted by Crippen LogP contribution is 2.38. The standard InChI is InChI=1S/C11H7Br2Cl2NO2/c12-5-11(13)4-9(17)16(10(11)18)8-2-6(14)1-7(15)3-8/h1-3H,4-5H2. The molecule has 2 amide bonds. The van der Waals surface area contributed by atoms with Crippen LogP contribution in [0.4, 0.5) is 5.69 Å². The van der Waals surface area contributed by atoms with Gasteiger partial charge in [0.05, 0.1) is 12.1 Å². The Morgan fingerprint density at radius 3 is 2.22 bits per heavy atom. The summed E-state index contributed by atoms with van der Waals surface area (Å²) in [5.41, 5.74) is 0.393. The van der Waals surface area contributed by atoms with Crippen molar-refractivity contribution in [2.24, 2.45) is 0 Å². The minimum atomic E-state index is -0.890. The Bertz CT molecular complexity index is 518. The summed E-state index contributed by atoms with van der Waals surface area (Å²) in [5.74, 6) is -0.600. The van der Waals surface area contributed by atoms with Crippen molar-refractivity contribution < 1.29 is 9.59 Å². The molecule has 18 heavy (non-hydrogen) atoms. The Morgan fingerprint density at radius 2 is 1.78 bits per heavy atom. The molecule has 0 spiro atoms. The SMILES string of the molecule is O=C1CC(Br)(CBr)C(=O)N1c1cc(Cl)cc(Cl)c1. The minimum absolute atomic E-state index is 0.0984. The number of nitrogens with zero attached hydrogens (tertiary/aromatic N) is 1. The third-order valence-electron chi connectivity index (χ3n) is 2.58. The number of carbonyl (C=O) groups is 2. The van der Waals surface area contributed by atoms with Gasteiger partial charge in [0.1, 0.15) is 4.32 Å². The molecule has 1 fully saturated rings. The number of rotatable bonds is 2. The molecule has 3 nitrogen and oxygen atoms in total. The van der Waals surface area contributed by atoms with E-state index in [9.17, 15) is 9.59 Å². The molecule has 96 valence electrons. The molecule has 0 N–H and O–H groups in total. The molecule has 2 rings (SSSR count). The van der Waals surface area contributed by atoms with E-state index in [4.69, 9.17) is 23.2 Å². The Kier molecular flexibility index (Phi) is 4.07. The molecule has 1 heterocycles. The molecule has 1 aliphatic rings. The van der Waals surface area contributed by atoms with Crippen LogP contribution in [0.15, 0.2) is 18.2 Å². The zero-order valence-corrected chi connectivity index (χ0v) is 13.6. The van der Waals surface area contributed by atoms with Gasteiger partial charge in [-0.05, 0) is 18.2 Å². The lowest BCUT2D eigenvalue weighted by atomic mass is 10.1. The van der Waals surface area contributed by atoms with Crippen LogP contribution < -0.4 is 4.90 Å². The van der Waals surface area contributed by atoms with Crippen molar-refractivity contribution in [1.29, 1.82) is 0 Å². The summed E-state index contributed by atoms with van der Waals surface area (Å²) in [5, 5.41) is 1.11. The number of hydrogen-bond acceptors (Lipinski definition) is 2. The summed E-state index contributed by atoms with van der Waals surface area (Å²) >= 11 is 18.3. The van der Waals surface area contributed by atoms with Gasteiger partial charge in [0.25, 0.3) is 5.91 Å². The minimum Gasteiger partial charge on any atom is -0.274 e. The first-order chi connectivity index (χ1) is 8.37. The molecule has 0 bridgehead atoms. The molecule has 1 saturated heterocycles. The van der Waals surface area contributed by atoms with Crippen LogP contribution in [-0.2, 0) is 9.59 Å². The van der Waals surface area contributed by atoms with E-state index in [1.54, 1.807) is 6.07 Å². The van der Waals surface area contributed by atoms with Crippen LogP contribution in [0.25, 0.3) is 0 Å². The van der Waals surface area contributed by atoms with Crippen LogP contribution in [0.3, 0.4) is 0 Å². The fourth-order valence-corrected chi connectivity index (χ4v) is 3.11. The largest absolute Gasteiger partial charge is 0.274 e. The first-order valence-corrected chi connectivity index (χ1v) is 7.63. The van der Waals surface area contributed by atoms with E-state index in [1.165, 1.54) is 12.1 Å². The molecule has 1 aliphatic heterocycles. The molecular weight excluding hydrogens is 409 g/mol. The Hall–Kier alpha value is -0.100. The molecule has 0 aromatic heterocycles. The summed E-state index contributed by atoms with van der Waals surface area (Å²) in [6, 6.07) is 4.62. The summed E-state index contributed by atoms with van der Waals surface area (Å²) in [6.07, 6.45) is 0.0984. The number of benzene rings is 1. The van der Waals surface area contributed by atoms with E-state index in [-0.39, 0.29) is 18.2 Å². The second kappa shape index (κ2) is 5.12. The van der Waals surface area contributed by atoms with E-state index in [1.807, 2.05) is 0 Å². The predicted octanol–water partition coefficient (Wildman–Crippen LogP) is 3.79. The highest BCUT2D eigenvalue weighted by Gasteiger charge is 2.50. The lowest BCUT2D eigenvalue weighted by Gasteiger charge is -2.18. The van der Waals surface area contributed by atoms with Gasteiger partial charge in [0.15, 0.2) is 0 Å². The van der Waals surface area contributed by atoms with Crippen molar-refractivity contribution in [2.75, 3.05) is 10.2 Å². The average Bonchev–Trinajstić information content (AvgIpc) is 2.49. The predicted molar refractivity (Wildman–Crippen MR) is 79.0 cm³/mol. The number of anilines is 1. The molecule has 0 saturated carbocycles. The van der Waals surface area contributed by atoms with E-state index in [2.05, 4.69) is 31.9 Å². The van der Waals surface area contributed by atoms with Gasteiger partial charge in [0, 0.05) is 15.4 Å². The maximum Gasteiger partial charge on any atom is 0.252 e. The maximum atomic E-state index is 12.2. The van der Waals surface area contributed by atoms with Gasteiger partial charge >= 0.3 is 0 Å². The van der Waals surface area contributed by atoms with Crippen molar-refractivity contribution in [3.63, 3.8) is 0 Å². The zero-order chi connectivity index (χ0) is 13.5. The van der Waals surface area contributed by atoms with Crippen LogP contribution in [0.2, 0.25) is 10.0 Å². The summed E-state index contributed by atoms with van der Waals surface area (Å²) in [6.45, 7) is 0. The van der Waals surface area contributed by atoms with Crippen LogP contribution >= 0.6 is 55.1 Å². The number of halogens is 4. The van der Waals surface area contributed by atoms with E-state index in [0.717, 1.165) is 4.90 Å². The average molecular weight is 416 g/mol. The van der Waals surface area contributed by atoms with E-state index >= 15 is 0 Å². The summed E-state index contributed by atoms with van der Waals surface area (Å²) < 4.78 is -0.890. The number of hydrogen-bond donors (Lipinski definition) is 0. The first kappa shape index (κ1) is 14.3. The molecule has 7 heteroatoms. The summed E-state index contributed by atoms with van der Waals surface area (Å²) in [7, 11) is 0. The zero-order valence-electron chi connectivity index (χ0n) is 8.92. The normalized spacial score (nSPS) is 23.9. The smallest absolute Gasteiger partial charge is 0.252 e. The molecular formula is C11H7Br2Cl2NO2. The van der Waals surface area contributed by atoms with Crippen molar-refractivity contribution in [3.05, 3.63) is 28.2 Å². The Labute approximate surface area is 131 Å². The third kappa shape index (κ3) is 2.46. The number of alkyl halides is 2. The molecule has 1 atom stereocenters. The van der Waals surface area contributed by atoms with Gasteiger partial charge in [-0.1, -0.05) is 55.1 Å². The number of amides is 2. The van der Waals surface area contributed by atoms with Crippen LogP contribution in [-0.4, -0.2) is 21.5 Å². The highest BCUT2D eigenvalue weighted by atomic mass is 79.9. The van der Waals surface area contributed by atoms with Crippen LogP contribution in [0.5, 0.6) is 0 Å². The summed E-state index contributed by atoms with van der Waals surface area (Å²) in [4.78, 5) is 25.3. The van der Waals surface area contributed by atoms with E-state index in [0.29, 0.717) is 21.1 Å². The topological polar surface area (TPSA) is 37.4 Å². The third-order valence-corrected chi connectivity index (χ3v) is 5.63. The van der Waals surface area contributed by atoms with Gasteiger partial charge in [-0.3, -0.25) is 9.59 Å². The van der Waals surface area contributed by atoms with Crippen molar-refractivity contribution >= 4 is 72.6 Å². The van der Waals surface area contributed by atoms with Gasteiger partial charge in [-0.25, -0.2) is 4.90 Å². The number of carbonyl (C=O) groups excluding carboxylic acids is 2. The van der Waals surface area contributed by atoms with Crippen molar-refractivity contribution in [3.8, 4) is 0 Å². The van der Waals surface area contributed by atoms with Crippen molar-refractivity contribution in [1.82, 2.24) is 0 Å². The van der Waals surface area contributed by atoms with Gasteiger partial charge in [-0.15, -0.1) is 0 Å². The molecule has 1 aromatic carbocycles. The van der Waals surface area contributed by atoms with Gasteiger partial charge in [0.2, 0.25) is 5.91 Å². The molecule has 1 aromatic rings. The fraction of sp³-hybridized carbons (Fsp3) is 0.273. The maximum absolute atomic E-state index is 12.2. The number of imide groups is 1. The van der Waals surface area contributed by atoms with Gasteiger partial charge in [-0.2, -0.15) is 0 Å². The second-order valence-corrected chi connectivity index (χ2v) is 6.89. The lowest BCUT2D eigenvalue weighted by molar-refractivity contribution is -0.121. The highest BCUT2D eigenvalue weighted by molar-refractivity contribution is 9.12. The fourth-order valence-electron chi connectivity index (χ4n) is 1.74. The molecule has 1 unspecified atom stereocenters. The Balaban J connectivity index is 2.45. The first-order valence-electron chi connectivity index (χ1n) is 4.96. The molecule has 0 radical (unpaired) electrons. The second-order valence-electron chi connectivity index (χ2n) is 3.94. The van der Waals surface area contributed by atoms with E-state index < -0.39 is 4.32 Å². The lowest BCUT2D eigenvalue weighted by Crippen LogP contribution is -2.37. The quantitative estimate of drug-likeness (QED) is 0.544. The monoisotopic (exact) mass is 413 g/mol. The van der Waals surface area contributed by atoms with Gasteiger partial charge < -0.3 is 0 Å². The molecule has 0 aliphatic carbocycles. The van der Waals surface area contributed by atoms with Crippen LogP contribution in [0, 0.1) is 0 Å². The Morgan fingerprint density at radius 1 is 1.22 bits per heavy atom. The van der Waals surface area contributed by atoms with Crippen molar-refractivity contribution in [2.45, 2.75) is 10.7 Å².